The molecule has 4 nitrogen and oxygen atoms in total. The molecule has 20 heavy (non-hydrogen) atoms. The van der Waals surface area contributed by atoms with Crippen LogP contribution in [0.1, 0.15) is 25.1 Å². The first-order chi connectivity index (χ1) is 9.60. The molecule has 0 saturated carbocycles. The van der Waals surface area contributed by atoms with Crippen LogP contribution in [0.2, 0.25) is 0 Å². The molecule has 4 heteroatoms. The number of hydrogen-bond acceptors (Lipinski definition) is 3. The third kappa shape index (κ3) is 2.46. The number of rotatable bonds is 4. The predicted molar refractivity (Wildman–Crippen MR) is 80.3 cm³/mol. The third-order valence-corrected chi connectivity index (χ3v) is 3.28. The summed E-state index contributed by atoms with van der Waals surface area (Å²) in [5.74, 6) is 0.594. The van der Waals surface area contributed by atoms with Gasteiger partial charge in [-0.05, 0) is 38.8 Å². The van der Waals surface area contributed by atoms with Gasteiger partial charge in [0.25, 0.3) is 5.56 Å². The van der Waals surface area contributed by atoms with Gasteiger partial charge in [-0.2, -0.15) is 5.10 Å². The first kappa shape index (κ1) is 14.3. The number of aryl methyl sites for hydroxylation is 3. The maximum absolute atomic E-state index is 12.6. The maximum atomic E-state index is 12.6. The molecule has 0 unspecified atom stereocenters. The molecule has 0 bridgehead atoms. The van der Waals surface area contributed by atoms with Gasteiger partial charge >= 0.3 is 0 Å². The number of benzene rings is 1. The van der Waals surface area contributed by atoms with Crippen molar-refractivity contribution >= 4 is 0 Å². The van der Waals surface area contributed by atoms with Gasteiger partial charge in [-0.25, -0.2) is 4.68 Å². The third-order valence-electron chi connectivity index (χ3n) is 3.28. The van der Waals surface area contributed by atoms with Gasteiger partial charge in [0.15, 0.2) is 5.75 Å². The summed E-state index contributed by atoms with van der Waals surface area (Å²) in [5.41, 5.74) is 3.22. The summed E-state index contributed by atoms with van der Waals surface area (Å²) in [4.78, 5) is 12.6. The number of hydrogen-bond donors (Lipinski definition) is 0. The average Bonchev–Trinajstić information content (AvgIpc) is 2.44. The quantitative estimate of drug-likeness (QED) is 0.859. The molecule has 0 spiro atoms. The van der Waals surface area contributed by atoms with Crippen molar-refractivity contribution in [2.45, 2.75) is 34.2 Å². The summed E-state index contributed by atoms with van der Waals surface area (Å²) in [6.07, 6.45) is 0. The van der Waals surface area contributed by atoms with Gasteiger partial charge in [-0.15, -0.1) is 0 Å². The summed E-state index contributed by atoms with van der Waals surface area (Å²) >= 11 is 0. The number of nitrogens with zero attached hydrogens (tertiary/aromatic N) is 2. The molecular weight excluding hydrogens is 252 g/mol. The minimum absolute atomic E-state index is 0.101. The monoisotopic (exact) mass is 272 g/mol. The topological polar surface area (TPSA) is 44.1 Å². The van der Waals surface area contributed by atoms with Gasteiger partial charge in [0.1, 0.15) is 5.69 Å². The molecule has 1 aromatic carbocycles. The Kier molecular flexibility index (Phi) is 4.23. The van der Waals surface area contributed by atoms with Crippen molar-refractivity contribution in [2.24, 2.45) is 0 Å². The van der Waals surface area contributed by atoms with Crippen molar-refractivity contribution in [3.63, 3.8) is 0 Å². The first-order valence-corrected chi connectivity index (χ1v) is 6.90. The fourth-order valence-corrected chi connectivity index (χ4v) is 2.31. The predicted octanol–water partition coefficient (Wildman–Crippen LogP) is 2.95. The molecule has 0 saturated heterocycles. The van der Waals surface area contributed by atoms with Crippen LogP contribution >= 0.6 is 0 Å². The molecule has 0 atom stereocenters. The van der Waals surface area contributed by atoms with Crippen molar-refractivity contribution in [1.29, 1.82) is 0 Å². The number of aromatic nitrogens is 2. The molecule has 1 heterocycles. The number of ether oxygens (including phenoxy) is 1. The van der Waals surface area contributed by atoms with Crippen molar-refractivity contribution in [2.75, 3.05) is 6.61 Å². The molecule has 0 fully saturated rings. The molecule has 1 aromatic heterocycles. The van der Waals surface area contributed by atoms with Crippen LogP contribution in [0.5, 0.6) is 5.75 Å². The van der Waals surface area contributed by atoms with Crippen LogP contribution in [0.15, 0.2) is 29.1 Å². The van der Waals surface area contributed by atoms with Gasteiger partial charge in [0.05, 0.1) is 12.2 Å². The van der Waals surface area contributed by atoms with Crippen molar-refractivity contribution in [1.82, 2.24) is 9.78 Å². The zero-order valence-electron chi connectivity index (χ0n) is 12.4. The Labute approximate surface area is 119 Å². The van der Waals surface area contributed by atoms with Crippen LogP contribution in [0.25, 0.3) is 11.1 Å². The highest BCUT2D eigenvalue weighted by Gasteiger charge is 2.18. The van der Waals surface area contributed by atoms with E-state index in [1.807, 2.05) is 52.0 Å². The molecular formula is C16H20N2O2. The first-order valence-electron chi connectivity index (χ1n) is 6.90. The van der Waals surface area contributed by atoms with Crippen LogP contribution in [0.3, 0.4) is 0 Å². The summed E-state index contributed by atoms with van der Waals surface area (Å²) in [6, 6.07) is 7.85. The van der Waals surface area contributed by atoms with Gasteiger partial charge in [0, 0.05) is 6.54 Å². The smallest absolute Gasteiger partial charge is 0.278 e. The van der Waals surface area contributed by atoms with Crippen molar-refractivity contribution < 1.29 is 4.74 Å². The fourth-order valence-electron chi connectivity index (χ4n) is 2.31. The lowest BCUT2D eigenvalue weighted by Gasteiger charge is -2.15. The van der Waals surface area contributed by atoms with E-state index in [-0.39, 0.29) is 5.56 Å². The Balaban J connectivity index is 2.81. The SMILES string of the molecule is CCOc1c(C)nn(CC)c(=O)c1-c1ccccc1C. The average molecular weight is 272 g/mol. The van der Waals surface area contributed by atoms with E-state index in [0.717, 1.165) is 16.8 Å². The Morgan fingerprint density at radius 1 is 1.20 bits per heavy atom. The summed E-state index contributed by atoms with van der Waals surface area (Å²) in [7, 11) is 0. The standard InChI is InChI=1S/C16H20N2O2/c1-5-18-16(19)14(13-10-8-7-9-11(13)3)15(20-6-2)12(4)17-18/h7-10H,5-6H2,1-4H3. The van der Waals surface area contributed by atoms with E-state index in [0.29, 0.717) is 24.5 Å². The second-order valence-corrected chi connectivity index (χ2v) is 4.66. The Bertz CT molecular complexity index is 675. The van der Waals surface area contributed by atoms with Crippen LogP contribution in [-0.2, 0) is 6.54 Å². The van der Waals surface area contributed by atoms with E-state index in [4.69, 9.17) is 4.74 Å². The second kappa shape index (κ2) is 5.90. The molecule has 0 aliphatic carbocycles. The van der Waals surface area contributed by atoms with Gasteiger partial charge in [0.2, 0.25) is 0 Å². The molecule has 2 aromatic rings. The normalized spacial score (nSPS) is 10.6. The molecule has 2 rings (SSSR count). The van der Waals surface area contributed by atoms with Crippen LogP contribution in [-0.4, -0.2) is 16.4 Å². The summed E-state index contributed by atoms with van der Waals surface area (Å²) < 4.78 is 7.17. The van der Waals surface area contributed by atoms with Crippen molar-refractivity contribution in [3.05, 3.63) is 45.9 Å². The van der Waals surface area contributed by atoms with Gasteiger partial charge in [-0.3, -0.25) is 4.79 Å². The highest BCUT2D eigenvalue weighted by atomic mass is 16.5. The molecule has 0 amide bonds. The Morgan fingerprint density at radius 3 is 2.50 bits per heavy atom. The highest BCUT2D eigenvalue weighted by Crippen LogP contribution is 2.30. The lowest BCUT2D eigenvalue weighted by atomic mass is 10.0. The van der Waals surface area contributed by atoms with Crippen LogP contribution in [0.4, 0.5) is 0 Å². The Morgan fingerprint density at radius 2 is 1.90 bits per heavy atom. The van der Waals surface area contributed by atoms with E-state index in [9.17, 15) is 4.79 Å². The van der Waals surface area contributed by atoms with Crippen LogP contribution < -0.4 is 10.3 Å². The zero-order valence-corrected chi connectivity index (χ0v) is 12.4. The second-order valence-electron chi connectivity index (χ2n) is 4.66. The van der Waals surface area contributed by atoms with E-state index >= 15 is 0 Å². The minimum atomic E-state index is -0.101. The molecule has 0 aliphatic rings. The zero-order chi connectivity index (χ0) is 14.7. The molecule has 0 aliphatic heterocycles. The fraction of sp³-hybridized carbons (Fsp3) is 0.375. The lowest BCUT2D eigenvalue weighted by molar-refractivity contribution is 0.333. The highest BCUT2D eigenvalue weighted by molar-refractivity contribution is 5.73. The van der Waals surface area contributed by atoms with Gasteiger partial charge < -0.3 is 4.74 Å². The maximum Gasteiger partial charge on any atom is 0.278 e. The van der Waals surface area contributed by atoms with E-state index < -0.39 is 0 Å². The Hall–Kier alpha value is -2.10. The van der Waals surface area contributed by atoms with Crippen LogP contribution in [0, 0.1) is 13.8 Å². The summed E-state index contributed by atoms with van der Waals surface area (Å²) in [6.45, 7) is 8.75. The summed E-state index contributed by atoms with van der Waals surface area (Å²) in [5, 5.41) is 4.30. The van der Waals surface area contributed by atoms with E-state index in [2.05, 4.69) is 5.10 Å². The van der Waals surface area contributed by atoms with E-state index in [1.54, 1.807) is 0 Å². The van der Waals surface area contributed by atoms with Gasteiger partial charge in [-0.1, -0.05) is 24.3 Å². The minimum Gasteiger partial charge on any atom is -0.491 e. The molecule has 0 N–H and O–H groups in total. The van der Waals surface area contributed by atoms with E-state index in [1.165, 1.54) is 4.68 Å². The van der Waals surface area contributed by atoms with Crippen molar-refractivity contribution in [3.8, 4) is 16.9 Å². The lowest BCUT2D eigenvalue weighted by Crippen LogP contribution is -2.26. The molecule has 0 radical (unpaired) electrons. The molecule has 106 valence electrons. The largest absolute Gasteiger partial charge is 0.491 e.